The fourth-order valence-corrected chi connectivity index (χ4v) is 3.32. The number of methoxy groups -OCH3 is 2. The van der Waals surface area contributed by atoms with Crippen molar-refractivity contribution in [3.05, 3.63) is 62.1 Å². The van der Waals surface area contributed by atoms with Crippen LogP contribution >= 0.6 is 34.8 Å². The van der Waals surface area contributed by atoms with Gasteiger partial charge in [0.25, 0.3) is 5.91 Å². The van der Waals surface area contributed by atoms with E-state index in [4.69, 9.17) is 49.0 Å². The van der Waals surface area contributed by atoms with Crippen LogP contribution in [0, 0.1) is 11.3 Å². The van der Waals surface area contributed by atoms with Gasteiger partial charge in [-0.2, -0.15) is 5.26 Å². The minimum atomic E-state index is -0.480. The highest BCUT2D eigenvalue weighted by atomic mass is 35.5. The zero-order valence-electron chi connectivity index (χ0n) is 17.0. The van der Waals surface area contributed by atoms with E-state index in [0.29, 0.717) is 46.7 Å². The maximum Gasteiger partial charge on any atom is 0.261 e. The van der Waals surface area contributed by atoms with Gasteiger partial charge >= 0.3 is 0 Å². The van der Waals surface area contributed by atoms with Gasteiger partial charge in [0, 0.05) is 35.9 Å². The smallest absolute Gasteiger partial charge is 0.261 e. The van der Waals surface area contributed by atoms with Crippen LogP contribution in [0.25, 0.3) is 6.08 Å². The topological polar surface area (TPSA) is 80.6 Å². The number of hydrogen-bond acceptors (Lipinski definition) is 5. The summed E-state index contributed by atoms with van der Waals surface area (Å²) in [6.45, 7) is 1.06. The lowest BCUT2D eigenvalue weighted by molar-refractivity contribution is -0.117. The number of nitrogens with zero attached hydrogens (tertiary/aromatic N) is 1. The van der Waals surface area contributed by atoms with Crippen LogP contribution in [0.4, 0.5) is 0 Å². The maximum atomic E-state index is 12.2. The van der Waals surface area contributed by atoms with Crippen molar-refractivity contribution < 1.29 is 19.0 Å². The standard InChI is InChI=1S/C22H21Cl3N2O4/c1-29-7-3-6-27-22(28)16(12-26)8-14-9-19(25)21(20(10-14)30-2)31-13-15-4-5-17(23)11-18(15)24/h4-5,8-11H,3,6-7,13H2,1-2H3,(H,27,28)/b16-8+. The fraction of sp³-hybridized carbons (Fsp3) is 0.273. The molecule has 0 radical (unpaired) electrons. The molecule has 0 atom stereocenters. The van der Waals surface area contributed by atoms with Gasteiger partial charge < -0.3 is 19.5 Å². The molecule has 0 aliphatic rings. The second-order valence-corrected chi connectivity index (χ2v) is 7.58. The van der Waals surface area contributed by atoms with Crippen LogP contribution in [0.2, 0.25) is 15.1 Å². The van der Waals surface area contributed by atoms with Gasteiger partial charge in [0.15, 0.2) is 11.5 Å². The number of halogens is 3. The second kappa shape index (κ2) is 12.4. The number of rotatable bonds is 10. The Bertz CT molecular complexity index is 1000. The molecule has 2 aromatic rings. The number of nitriles is 1. The fourth-order valence-electron chi connectivity index (χ4n) is 2.58. The van der Waals surface area contributed by atoms with Crippen LogP contribution in [-0.2, 0) is 16.1 Å². The first-order chi connectivity index (χ1) is 14.9. The molecule has 2 rings (SSSR count). The Morgan fingerprint density at radius 2 is 1.94 bits per heavy atom. The summed E-state index contributed by atoms with van der Waals surface area (Å²) in [5.41, 5.74) is 1.18. The van der Waals surface area contributed by atoms with Crippen molar-refractivity contribution in [1.82, 2.24) is 5.32 Å². The van der Waals surface area contributed by atoms with Crippen molar-refractivity contribution in [3.63, 3.8) is 0 Å². The highest BCUT2D eigenvalue weighted by molar-refractivity contribution is 6.35. The average Bonchev–Trinajstić information content (AvgIpc) is 2.74. The maximum absolute atomic E-state index is 12.2. The van der Waals surface area contributed by atoms with E-state index < -0.39 is 5.91 Å². The van der Waals surface area contributed by atoms with Crippen LogP contribution in [-0.4, -0.2) is 33.3 Å². The van der Waals surface area contributed by atoms with E-state index in [-0.39, 0.29) is 17.2 Å². The lowest BCUT2D eigenvalue weighted by Crippen LogP contribution is -2.26. The molecular formula is C22H21Cl3N2O4. The highest BCUT2D eigenvalue weighted by Crippen LogP contribution is 2.38. The van der Waals surface area contributed by atoms with Gasteiger partial charge in [-0.25, -0.2) is 0 Å². The minimum absolute atomic E-state index is 0.0582. The van der Waals surface area contributed by atoms with E-state index >= 15 is 0 Å². The van der Waals surface area contributed by atoms with Crippen LogP contribution < -0.4 is 14.8 Å². The SMILES string of the molecule is COCCCNC(=O)/C(C#N)=C/c1cc(Cl)c(OCc2ccc(Cl)cc2Cl)c(OC)c1. The van der Waals surface area contributed by atoms with Crippen LogP contribution in [0.15, 0.2) is 35.9 Å². The van der Waals surface area contributed by atoms with Gasteiger partial charge in [0.2, 0.25) is 0 Å². The van der Waals surface area contributed by atoms with Gasteiger partial charge in [0.1, 0.15) is 18.2 Å². The summed E-state index contributed by atoms with van der Waals surface area (Å²) in [4.78, 5) is 12.2. The van der Waals surface area contributed by atoms with E-state index in [1.54, 1.807) is 37.4 Å². The third kappa shape index (κ3) is 7.34. The third-order valence-corrected chi connectivity index (χ3v) is 4.99. The summed E-state index contributed by atoms with van der Waals surface area (Å²) in [5, 5.41) is 13.3. The van der Waals surface area contributed by atoms with Gasteiger partial charge in [-0.15, -0.1) is 0 Å². The predicted octanol–water partition coefficient (Wildman–Crippen LogP) is 5.29. The lowest BCUT2D eigenvalue weighted by atomic mass is 10.1. The number of ether oxygens (including phenoxy) is 3. The van der Waals surface area contributed by atoms with Crippen molar-refractivity contribution in [2.24, 2.45) is 0 Å². The monoisotopic (exact) mass is 482 g/mol. The zero-order valence-corrected chi connectivity index (χ0v) is 19.3. The Morgan fingerprint density at radius 1 is 1.16 bits per heavy atom. The molecule has 1 N–H and O–H groups in total. The average molecular weight is 484 g/mol. The molecule has 1 amide bonds. The van der Waals surface area contributed by atoms with Crippen molar-refractivity contribution >= 4 is 46.8 Å². The largest absolute Gasteiger partial charge is 0.493 e. The van der Waals surface area contributed by atoms with E-state index in [1.165, 1.54) is 13.2 Å². The Kier molecular flexibility index (Phi) is 9.96. The van der Waals surface area contributed by atoms with E-state index in [9.17, 15) is 10.1 Å². The molecule has 0 unspecified atom stereocenters. The number of hydrogen-bond donors (Lipinski definition) is 1. The van der Waals surface area contributed by atoms with Gasteiger partial charge in [-0.3, -0.25) is 4.79 Å². The normalized spacial score (nSPS) is 11.0. The summed E-state index contributed by atoms with van der Waals surface area (Å²) in [6, 6.07) is 10.2. The molecular weight excluding hydrogens is 463 g/mol. The molecule has 2 aromatic carbocycles. The first kappa shape index (κ1) is 24.8. The first-order valence-corrected chi connectivity index (χ1v) is 10.4. The zero-order chi connectivity index (χ0) is 22.8. The third-order valence-electron chi connectivity index (χ3n) is 4.13. The van der Waals surface area contributed by atoms with Crippen molar-refractivity contribution in [3.8, 4) is 17.6 Å². The Balaban J connectivity index is 2.19. The molecule has 0 fully saturated rings. The molecule has 0 aromatic heterocycles. The Morgan fingerprint density at radius 3 is 2.58 bits per heavy atom. The lowest BCUT2D eigenvalue weighted by Gasteiger charge is -2.14. The summed E-state index contributed by atoms with van der Waals surface area (Å²) in [6.07, 6.45) is 2.07. The molecule has 6 nitrogen and oxygen atoms in total. The molecule has 0 bridgehead atoms. The molecule has 164 valence electrons. The number of nitrogens with one attached hydrogen (secondary N) is 1. The molecule has 0 saturated carbocycles. The van der Waals surface area contributed by atoms with Crippen molar-refractivity contribution in [2.45, 2.75) is 13.0 Å². The van der Waals surface area contributed by atoms with E-state index in [2.05, 4.69) is 5.32 Å². The molecule has 9 heteroatoms. The van der Waals surface area contributed by atoms with Gasteiger partial charge in [0.05, 0.1) is 12.1 Å². The van der Waals surface area contributed by atoms with Crippen LogP contribution in [0.5, 0.6) is 11.5 Å². The summed E-state index contributed by atoms with van der Waals surface area (Å²) in [7, 11) is 3.05. The Labute approximate surface area is 196 Å². The van der Waals surface area contributed by atoms with Crippen LogP contribution in [0.3, 0.4) is 0 Å². The van der Waals surface area contributed by atoms with E-state index in [1.807, 2.05) is 6.07 Å². The van der Waals surface area contributed by atoms with Crippen LogP contribution in [0.1, 0.15) is 17.5 Å². The molecule has 31 heavy (non-hydrogen) atoms. The first-order valence-electron chi connectivity index (χ1n) is 9.22. The molecule has 0 heterocycles. The molecule has 0 aliphatic carbocycles. The van der Waals surface area contributed by atoms with Gasteiger partial charge in [-0.05, 0) is 42.3 Å². The summed E-state index contributed by atoms with van der Waals surface area (Å²) in [5.74, 6) is 0.183. The van der Waals surface area contributed by atoms with Gasteiger partial charge in [-0.1, -0.05) is 40.9 Å². The van der Waals surface area contributed by atoms with Crippen molar-refractivity contribution in [1.29, 1.82) is 5.26 Å². The summed E-state index contributed by atoms with van der Waals surface area (Å²) < 4.78 is 16.1. The number of carbonyl (C=O) groups is 1. The number of carbonyl (C=O) groups excluding carboxylic acids is 1. The molecule has 0 aliphatic heterocycles. The highest BCUT2D eigenvalue weighted by Gasteiger charge is 2.15. The Hall–Kier alpha value is -2.43. The number of amides is 1. The minimum Gasteiger partial charge on any atom is -0.493 e. The molecule has 0 saturated heterocycles. The second-order valence-electron chi connectivity index (χ2n) is 6.33. The van der Waals surface area contributed by atoms with Crippen molar-refractivity contribution in [2.75, 3.05) is 27.4 Å². The quantitative estimate of drug-likeness (QED) is 0.282. The number of benzene rings is 2. The van der Waals surface area contributed by atoms with E-state index in [0.717, 1.165) is 5.56 Å². The molecule has 0 spiro atoms. The summed E-state index contributed by atoms with van der Waals surface area (Å²) >= 11 is 18.5. The predicted molar refractivity (Wildman–Crippen MR) is 122 cm³/mol.